The highest BCUT2D eigenvalue weighted by molar-refractivity contribution is 7.90. The van der Waals surface area contributed by atoms with E-state index in [1.54, 1.807) is 31.7 Å². The number of benzene rings is 2. The summed E-state index contributed by atoms with van der Waals surface area (Å²) in [4.78, 5) is 54.3. The van der Waals surface area contributed by atoms with Crippen LogP contribution in [0.3, 0.4) is 0 Å². The van der Waals surface area contributed by atoms with Crippen molar-refractivity contribution >= 4 is 33.8 Å². The summed E-state index contributed by atoms with van der Waals surface area (Å²) < 4.78 is 39.8. The Kier molecular flexibility index (Phi) is 11.2. The highest BCUT2D eigenvalue weighted by Gasteiger charge is 2.60. The number of rotatable bonds is 13. The van der Waals surface area contributed by atoms with Crippen LogP contribution in [0.15, 0.2) is 72.1 Å². The van der Waals surface area contributed by atoms with Crippen LogP contribution in [0.4, 0.5) is 4.79 Å². The Morgan fingerprint density at radius 3 is 2.42 bits per heavy atom. The molecule has 2 fully saturated rings. The molecule has 260 valence electrons. The molecule has 48 heavy (non-hydrogen) atoms. The number of carbonyl (C=O) groups is 4. The molecule has 13 heteroatoms. The van der Waals surface area contributed by atoms with Crippen LogP contribution in [-0.4, -0.2) is 66.9 Å². The van der Waals surface area contributed by atoms with Gasteiger partial charge in [-0.25, -0.2) is 17.9 Å². The first kappa shape index (κ1) is 36.4. The maximum atomic E-state index is 13.6. The summed E-state index contributed by atoms with van der Waals surface area (Å²) in [5.41, 5.74) is -1.33. The van der Waals surface area contributed by atoms with Gasteiger partial charge in [0.05, 0.1) is 4.90 Å². The summed E-state index contributed by atoms with van der Waals surface area (Å²) in [6.45, 7) is 13.2. The number of hydrogen-bond donors (Lipinski definition) is 3. The largest absolute Gasteiger partial charge is 0.489 e. The van der Waals surface area contributed by atoms with Gasteiger partial charge in [-0.15, -0.1) is 6.58 Å². The van der Waals surface area contributed by atoms with E-state index in [0.29, 0.717) is 25.1 Å². The van der Waals surface area contributed by atoms with Gasteiger partial charge < -0.3 is 25.0 Å². The SMILES string of the molecule is C=C[C@@H]1C[C@]1(NC(=O)CC1CCCN1C(=O)[C@@H](NC(=O)OC(C)(C)C)C(C)C)C(=O)NS(=O)(=O)c1cccc(OCc2ccccc2)c1. The van der Waals surface area contributed by atoms with Crippen molar-refractivity contribution in [3.05, 3.63) is 72.8 Å². The predicted octanol–water partition coefficient (Wildman–Crippen LogP) is 4.06. The van der Waals surface area contributed by atoms with Gasteiger partial charge in [0.15, 0.2) is 0 Å². The molecule has 1 heterocycles. The minimum absolute atomic E-state index is 0.102. The maximum absolute atomic E-state index is 13.6. The molecule has 1 saturated heterocycles. The number of sulfonamides is 1. The molecule has 2 aliphatic rings. The van der Waals surface area contributed by atoms with Crippen LogP contribution in [0.5, 0.6) is 5.75 Å². The summed E-state index contributed by atoms with van der Waals surface area (Å²) in [5.74, 6) is -2.13. The molecule has 2 aromatic rings. The topological polar surface area (TPSA) is 160 Å². The van der Waals surface area contributed by atoms with Gasteiger partial charge in [-0.1, -0.05) is 56.3 Å². The molecular weight excluding hydrogens is 636 g/mol. The van der Waals surface area contributed by atoms with Crippen LogP contribution in [0.2, 0.25) is 0 Å². The summed E-state index contributed by atoms with van der Waals surface area (Å²) in [6.07, 6.45) is 2.08. The fraction of sp³-hybridized carbons (Fsp3) is 0.486. The molecule has 3 N–H and O–H groups in total. The first-order valence-electron chi connectivity index (χ1n) is 16.1. The van der Waals surface area contributed by atoms with Crippen LogP contribution < -0.4 is 20.1 Å². The monoisotopic (exact) mass is 682 g/mol. The molecule has 1 aliphatic carbocycles. The molecule has 2 aromatic carbocycles. The smallest absolute Gasteiger partial charge is 0.408 e. The zero-order valence-corrected chi connectivity index (χ0v) is 29.0. The van der Waals surface area contributed by atoms with E-state index < -0.39 is 57.1 Å². The number of carbonyl (C=O) groups excluding carboxylic acids is 4. The fourth-order valence-electron chi connectivity index (χ4n) is 5.76. The first-order chi connectivity index (χ1) is 22.5. The second kappa shape index (κ2) is 14.8. The van der Waals surface area contributed by atoms with Gasteiger partial charge in [0, 0.05) is 31.0 Å². The number of amides is 4. The van der Waals surface area contributed by atoms with Gasteiger partial charge in [-0.2, -0.15) is 0 Å². The van der Waals surface area contributed by atoms with Gasteiger partial charge in [0.25, 0.3) is 15.9 Å². The summed E-state index contributed by atoms with van der Waals surface area (Å²) in [7, 11) is -4.32. The second-order valence-corrected chi connectivity index (χ2v) is 15.3. The van der Waals surface area contributed by atoms with Gasteiger partial charge in [-0.3, -0.25) is 14.4 Å². The van der Waals surface area contributed by atoms with Crippen molar-refractivity contribution < 1.29 is 37.1 Å². The molecular formula is C35H46N4O8S. The molecule has 4 rings (SSSR count). The summed E-state index contributed by atoms with van der Waals surface area (Å²) in [5, 5.41) is 5.42. The summed E-state index contributed by atoms with van der Waals surface area (Å²) >= 11 is 0. The van der Waals surface area contributed by atoms with E-state index in [0.717, 1.165) is 5.56 Å². The van der Waals surface area contributed by atoms with Gasteiger partial charge in [0.2, 0.25) is 11.8 Å². The van der Waals surface area contributed by atoms with E-state index in [1.807, 2.05) is 44.2 Å². The number of hydrogen-bond acceptors (Lipinski definition) is 8. The average molecular weight is 683 g/mol. The Bertz CT molecular complexity index is 1620. The van der Waals surface area contributed by atoms with Crippen LogP contribution in [0.25, 0.3) is 0 Å². The van der Waals surface area contributed by atoms with Crippen molar-refractivity contribution in [2.24, 2.45) is 11.8 Å². The highest BCUT2D eigenvalue weighted by Crippen LogP contribution is 2.45. The van der Waals surface area contributed by atoms with E-state index >= 15 is 0 Å². The summed E-state index contributed by atoms with van der Waals surface area (Å²) in [6, 6.07) is 13.9. The van der Waals surface area contributed by atoms with Crippen LogP contribution in [0, 0.1) is 11.8 Å². The van der Waals surface area contributed by atoms with Crippen molar-refractivity contribution in [1.82, 2.24) is 20.3 Å². The highest BCUT2D eigenvalue weighted by atomic mass is 32.2. The average Bonchev–Trinajstić information content (AvgIpc) is 3.54. The number of ether oxygens (including phenoxy) is 2. The molecule has 4 atom stereocenters. The lowest BCUT2D eigenvalue weighted by Crippen LogP contribution is -2.55. The standard InChI is InChI=1S/C35H46N4O8S/c1-7-25-21-35(25,32(42)38-48(44,45)28-17-11-16-27(20-28)46-22-24-13-9-8-10-14-24)37-29(40)19-26-15-12-18-39(26)31(41)30(23(2)3)36-33(43)47-34(4,5)6/h7-11,13-14,16-17,20,23,25-26,30H,1,12,15,18-19,21-22H2,2-6H3,(H,36,43)(H,37,40)(H,38,42)/t25-,26?,30+,35-/m1/s1. The predicted molar refractivity (Wildman–Crippen MR) is 179 cm³/mol. The lowest BCUT2D eigenvalue weighted by Gasteiger charge is -2.31. The zero-order chi connectivity index (χ0) is 35.3. The van der Waals surface area contributed by atoms with Crippen molar-refractivity contribution in [3.63, 3.8) is 0 Å². The minimum Gasteiger partial charge on any atom is -0.489 e. The maximum Gasteiger partial charge on any atom is 0.408 e. The first-order valence-corrected chi connectivity index (χ1v) is 17.6. The lowest BCUT2D eigenvalue weighted by molar-refractivity contribution is -0.137. The third-order valence-electron chi connectivity index (χ3n) is 8.34. The number of alkyl carbamates (subject to hydrolysis) is 1. The van der Waals surface area contributed by atoms with E-state index in [-0.39, 0.29) is 36.2 Å². The van der Waals surface area contributed by atoms with Gasteiger partial charge in [-0.05, 0) is 63.6 Å². The van der Waals surface area contributed by atoms with Crippen molar-refractivity contribution in [2.45, 2.75) is 95.0 Å². The Balaban J connectivity index is 1.40. The molecule has 0 bridgehead atoms. The molecule has 0 spiro atoms. The lowest BCUT2D eigenvalue weighted by atomic mass is 10.0. The van der Waals surface area contributed by atoms with E-state index in [4.69, 9.17) is 9.47 Å². The van der Waals surface area contributed by atoms with Crippen molar-refractivity contribution in [2.75, 3.05) is 6.54 Å². The van der Waals surface area contributed by atoms with Crippen molar-refractivity contribution in [3.8, 4) is 5.75 Å². The Morgan fingerprint density at radius 2 is 1.79 bits per heavy atom. The van der Waals surface area contributed by atoms with Gasteiger partial charge in [0.1, 0.15) is 29.5 Å². The fourth-order valence-corrected chi connectivity index (χ4v) is 6.83. The van der Waals surface area contributed by atoms with Crippen LogP contribution in [-0.2, 0) is 35.8 Å². The third-order valence-corrected chi connectivity index (χ3v) is 9.67. The molecule has 1 saturated carbocycles. The molecule has 1 unspecified atom stereocenters. The van der Waals surface area contributed by atoms with Crippen LogP contribution >= 0.6 is 0 Å². The zero-order valence-electron chi connectivity index (χ0n) is 28.2. The van der Waals surface area contributed by atoms with Gasteiger partial charge >= 0.3 is 6.09 Å². The molecule has 4 amide bonds. The molecule has 12 nitrogen and oxygen atoms in total. The minimum atomic E-state index is -4.32. The second-order valence-electron chi connectivity index (χ2n) is 13.6. The molecule has 0 radical (unpaired) electrons. The van der Waals surface area contributed by atoms with Crippen molar-refractivity contribution in [1.29, 1.82) is 0 Å². The molecule has 0 aromatic heterocycles. The van der Waals surface area contributed by atoms with E-state index in [1.165, 1.54) is 24.3 Å². The normalized spacial score (nSPS) is 21.2. The Hall–Kier alpha value is -4.39. The van der Waals surface area contributed by atoms with Crippen LogP contribution in [0.1, 0.15) is 65.9 Å². The Morgan fingerprint density at radius 1 is 1.08 bits per heavy atom. The number of nitrogens with zero attached hydrogens (tertiary/aromatic N) is 1. The number of likely N-dealkylation sites (tertiary alicyclic amines) is 1. The quantitative estimate of drug-likeness (QED) is 0.267. The van der Waals surface area contributed by atoms with E-state index in [2.05, 4.69) is 21.9 Å². The third kappa shape index (κ3) is 9.15. The van der Waals surface area contributed by atoms with E-state index in [9.17, 15) is 27.6 Å². The Labute approximate surface area is 282 Å². The molecule has 1 aliphatic heterocycles. The number of nitrogens with one attached hydrogen (secondary N) is 3.